The first-order valence-electron chi connectivity index (χ1n) is 8.13. The van der Waals surface area contributed by atoms with Gasteiger partial charge in [-0.1, -0.05) is 25.7 Å². The van der Waals surface area contributed by atoms with Gasteiger partial charge in [-0.15, -0.1) is 0 Å². The average molecular weight is 282 g/mol. The molecule has 0 bridgehead atoms. The van der Waals surface area contributed by atoms with Crippen molar-refractivity contribution in [3.05, 3.63) is 0 Å². The fourth-order valence-electron chi connectivity index (χ4n) is 2.11. The summed E-state index contributed by atoms with van der Waals surface area (Å²) in [7, 11) is 0. The van der Waals surface area contributed by atoms with E-state index in [1.54, 1.807) is 0 Å². The molecule has 2 aliphatic carbocycles. The maximum atomic E-state index is 11.3. The summed E-state index contributed by atoms with van der Waals surface area (Å²) in [5, 5.41) is 0. The highest BCUT2D eigenvalue weighted by Gasteiger charge is 2.26. The highest BCUT2D eigenvalue weighted by Crippen LogP contribution is 2.25. The number of ether oxygens (including phenoxy) is 2. The van der Waals surface area contributed by atoms with Gasteiger partial charge in [-0.25, -0.2) is 0 Å². The molecule has 4 nitrogen and oxygen atoms in total. The molecule has 0 saturated heterocycles. The van der Waals surface area contributed by atoms with Gasteiger partial charge in [0, 0.05) is 12.8 Å². The van der Waals surface area contributed by atoms with Crippen molar-refractivity contribution in [3.8, 4) is 0 Å². The van der Waals surface area contributed by atoms with Crippen molar-refractivity contribution in [2.24, 2.45) is 0 Å². The van der Waals surface area contributed by atoms with Gasteiger partial charge >= 0.3 is 11.9 Å². The molecule has 20 heavy (non-hydrogen) atoms. The average Bonchev–Trinajstić information content (AvgIpc) is 3.29. The highest BCUT2D eigenvalue weighted by atomic mass is 16.6. The molecule has 2 saturated carbocycles. The Kier molecular flexibility index (Phi) is 6.34. The fourth-order valence-corrected chi connectivity index (χ4v) is 2.11. The molecular formula is C16H26O4. The lowest BCUT2D eigenvalue weighted by Gasteiger charge is -2.04. The van der Waals surface area contributed by atoms with E-state index in [0.29, 0.717) is 12.8 Å². The summed E-state index contributed by atoms with van der Waals surface area (Å²) in [6.45, 7) is 0. The molecule has 4 heteroatoms. The van der Waals surface area contributed by atoms with Crippen LogP contribution >= 0.6 is 0 Å². The smallest absolute Gasteiger partial charge is 0.306 e. The highest BCUT2D eigenvalue weighted by molar-refractivity contribution is 5.70. The minimum atomic E-state index is -0.0321. The zero-order valence-electron chi connectivity index (χ0n) is 12.3. The lowest BCUT2D eigenvalue weighted by atomic mass is 10.1. The first kappa shape index (κ1) is 15.3. The SMILES string of the molecule is O=C(CCCCCCCCC(=O)OC1CC1)OC1CC1. The van der Waals surface area contributed by atoms with Crippen molar-refractivity contribution in [3.63, 3.8) is 0 Å². The Hall–Kier alpha value is -1.06. The van der Waals surface area contributed by atoms with Crippen LogP contribution in [-0.4, -0.2) is 24.1 Å². The van der Waals surface area contributed by atoms with Crippen LogP contribution in [0.4, 0.5) is 0 Å². The quantitative estimate of drug-likeness (QED) is 0.430. The molecular weight excluding hydrogens is 256 g/mol. The summed E-state index contributed by atoms with van der Waals surface area (Å²) in [5.74, 6) is -0.0642. The van der Waals surface area contributed by atoms with E-state index in [1.807, 2.05) is 0 Å². The van der Waals surface area contributed by atoms with Crippen LogP contribution in [0.5, 0.6) is 0 Å². The largest absolute Gasteiger partial charge is 0.462 e. The number of carbonyl (C=O) groups is 2. The summed E-state index contributed by atoms with van der Waals surface area (Å²) in [5.41, 5.74) is 0. The molecule has 2 rings (SSSR count). The number of hydrogen-bond acceptors (Lipinski definition) is 4. The van der Waals surface area contributed by atoms with Gasteiger partial charge in [0.1, 0.15) is 12.2 Å². The summed E-state index contributed by atoms with van der Waals surface area (Å²) < 4.78 is 10.4. The molecule has 0 aromatic rings. The topological polar surface area (TPSA) is 52.6 Å². The lowest BCUT2D eigenvalue weighted by molar-refractivity contribution is -0.146. The van der Waals surface area contributed by atoms with Crippen LogP contribution in [0.3, 0.4) is 0 Å². The Balaban J connectivity index is 1.30. The normalized spacial score (nSPS) is 17.8. The Labute approximate surface area is 121 Å². The Morgan fingerprint density at radius 3 is 1.35 bits per heavy atom. The molecule has 114 valence electrons. The monoisotopic (exact) mass is 282 g/mol. The molecule has 0 spiro atoms. The standard InChI is InChI=1S/C16H26O4/c17-15(19-13-9-10-13)7-5-3-1-2-4-6-8-16(18)20-14-11-12-14/h13-14H,1-12H2. The first-order valence-corrected chi connectivity index (χ1v) is 8.13. The summed E-state index contributed by atoms with van der Waals surface area (Å²) in [6, 6.07) is 0. The van der Waals surface area contributed by atoms with Gasteiger partial charge in [0.05, 0.1) is 0 Å². The third-order valence-electron chi connectivity index (χ3n) is 3.66. The predicted molar refractivity (Wildman–Crippen MR) is 75.2 cm³/mol. The molecule has 2 fully saturated rings. The molecule has 0 heterocycles. The first-order chi connectivity index (χ1) is 9.74. The number of carbonyl (C=O) groups excluding carboxylic acids is 2. The van der Waals surface area contributed by atoms with E-state index >= 15 is 0 Å². The van der Waals surface area contributed by atoms with E-state index < -0.39 is 0 Å². The third-order valence-corrected chi connectivity index (χ3v) is 3.66. The van der Waals surface area contributed by atoms with Crippen molar-refractivity contribution >= 4 is 11.9 Å². The van der Waals surface area contributed by atoms with Crippen molar-refractivity contribution in [1.82, 2.24) is 0 Å². The van der Waals surface area contributed by atoms with Gasteiger partial charge in [-0.3, -0.25) is 9.59 Å². The van der Waals surface area contributed by atoms with E-state index in [-0.39, 0.29) is 24.1 Å². The minimum Gasteiger partial charge on any atom is -0.462 e. The molecule has 0 radical (unpaired) electrons. The van der Waals surface area contributed by atoms with E-state index in [4.69, 9.17) is 9.47 Å². The van der Waals surface area contributed by atoms with Crippen molar-refractivity contribution in [2.45, 2.75) is 89.3 Å². The Morgan fingerprint density at radius 2 is 1.00 bits per heavy atom. The summed E-state index contributed by atoms with van der Waals surface area (Å²) >= 11 is 0. The second kappa shape index (κ2) is 8.28. The Bertz CT molecular complexity index is 286. The van der Waals surface area contributed by atoms with Crippen LogP contribution < -0.4 is 0 Å². The van der Waals surface area contributed by atoms with E-state index in [9.17, 15) is 9.59 Å². The molecule has 0 atom stereocenters. The van der Waals surface area contributed by atoms with Gasteiger partial charge in [0.2, 0.25) is 0 Å². The molecule has 0 aromatic heterocycles. The number of hydrogen-bond donors (Lipinski definition) is 0. The van der Waals surface area contributed by atoms with Crippen LogP contribution in [0, 0.1) is 0 Å². The molecule has 0 N–H and O–H groups in total. The lowest BCUT2D eigenvalue weighted by Crippen LogP contribution is -2.05. The van der Waals surface area contributed by atoms with Gasteiger partial charge in [0.15, 0.2) is 0 Å². The molecule has 0 aliphatic heterocycles. The minimum absolute atomic E-state index is 0.0321. The van der Waals surface area contributed by atoms with Crippen LogP contribution in [0.15, 0.2) is 0 Å². The number of unbranched alkanes of at least 4 members (excludes halogenated alkanes) is 5. The fraction of sp³-hybridized carbons (Fsp3) is 0.875. The zero-order valence-corrected chi connectivity index (χ0v) is 12.3. The van der Waals surface area contributed by atoms with Crippen molar-refractivity contribution in [1.29, 1.82) is 0 Å². The molecule has 0 amide bonds. The second-order valence-corrected chi connectivity index (χ2v) is 6.00. The zero-order chi connectivity index (χ0) is 14.2. The van der Waals surface area contributed by atoms with E-state index in [1.165, 1.54) is 0 Å². The van der Waals surface area contributed by atoms with Gasteiger partial charge in [-0.05, 0) is 38.5 Å². The van der Waals surface area contributed by atoms with E-state index in [0.717, 1.165) is 64.2 Å². The Morgan fingerprint density at radius 1 is 0.650 bits per heavy atom. The maximum absolute atomic E-state index is 11.3. The summed E-state index contributed by atoms with van der Waals surface area (Å²) in [4.78, 5) is 22.6. The number of esters is 2. The molecule has 0 aromatic carbocycles. The van der Waals surface area contributed by atoms with Crippen LogP contribution in [0.25, 0.3) is 0 Å². The second-order valence-electron chi connectivity index (χ2n) is 6.00. The van der Waals surface area contributed by atoms with Crippen LogP contribution in [-0.2, 0) is 19.1 Å². The number of rotatable bonds is 11. The van der Waals surface area contributed by atoms with Crippen LogP contribution in [0.2, 0.25) is 0 Å². The maximum Gasteiger partial charge on any atom is 0.306 e. The third kappa shape index (κ3) is 7.51. The molecule has 2 aliphatic rings. The van der Waals surface area contributed by atoms with Crippen molar-refractivity contribution < 1.29 is 19.1 Å². The predicted octanol–water partition coefficient (Wildman–Crippen LogP) is 3.52. The van der Waals surface area contributed by atoms with Crippen LogP contribution in [0.1, 0.15) is 77.0 Å². The van der Waals surface area contributed by atoms with Gasteiger partial charge in [0.25, 0.3) is 0 Å². The van der Waals surface area contributed by atoms with Gasteiger partial charge < -0.3 is 9.47 Å². The van der Waals surface area contributed by atoms with Gasteiger partial charge in [-0.2, -0.15) is 0 Å². The van der Waals surface area contributed by atoms with E-state index in [2.05, 4.69) is 0 Å². The summed E-state index contributed by atoms with van der Waals surface area (Å²) in [6.07, 6.45) is 12.1. The van der Waals surface area contributed by atoms with Crippen molar-refractivity contribution in [2.75, 3.05) is 0 Å². The molecule has 0 unspecified atom stereocenters.